The van der Waals surface area contributed by atoms with Crippen LogP contribution in [-0.2, 0) is 6.18 Å². The summed E-state index contributed by atoms with van der Waals surface area (Å²) >= 11 is 5.80. The smallest absolute Gasteiger partial charge is 0.409 e. The zero-order valence-corrected chi connectivity index (χ0v) is 12.0. The molecule has 0 aliphatic rings. The van der Waals surface area contributed by atoms with Gasteiger partial charge in [0.05, 0.1) is 16.6 Å². The molecule has 0 bridgehead atoms. The van der Waals surface area contributed by atoms with E-state index in [1.54, 1.807) is 0 Å². The van der Waals surface area contributed by atoms with E-state index in [2.05, 4.69) is 0 Å². The van der Waals surface area contributed by atoms with Crippen molar-refractivity contribution in [1.82, 2.24) is 4.57 Å². The fourth-order valence-electron chi connectivity index (χ4n) is 2.15. The van der Waals surface area contributed by atoms with Crippen LogP contribution in [0, 0.1) is 0 Å². The van der Waals surface area contributed by atoms with Crippen LogP contribution in [0.3, 0.4) is 0 Å². The largest absolute Gasteiger partial charge is 0.426 e. The minimum absolute atomic E-state index is 0.00508. The SMILES string of the molecule is O=c1oc2ccc(Cl)cc2c(=O)n1-c1cccc(C(F)(F)F)c1. The van der Waals surface area contributed by atoms with Crippen molar-refractivity contribution in [1.29, 1.82) is 0 Å². The summed E-state index contributed by atoms with van der Waals surface area (Å²) in [6.45, 7) is 0. The number of hydrogen-bond acceptors (Lipinski definition) is 3. The Labute approximate surface area is 131 Å². The second kappa shape index (κ2) is 5.27. The van der Waals surface area contributed by atoms with Gasteiger partial charge >= 0.3 is 11.9 Å². The van der Waals surface area contributed by atoms with Gasteiger partial charge in [-0.15, -0.1) is 0 Å². The number of rotatable bonds is 1. The first-order chi connectivity index (χ1) is 10.8. The topological polar surface area (TPSA) is 52.2 Å². The first-order valence-corrected chi connectivity index (χ1v) is 6.68. The van der Waals surface area contributed by atoms with Gasteiger partial charge in [0.15, 0.2) is 0 Å². The van der Waals surface area contributed by atoms with Crippen LogP contribution in [-0.4, -0.2) is 4.57 Å². The Hall–Kier alpha value is -2.54. The predicted octanol–water partition coefficient (Wildman–Crippen LogP) is 3.62. The summed E-state index contributed by atoms with van der Waals surface area (Å²) in [5.41, 5.74) is -2.02. The van der Waals surface area contributed by atoms with Crippen LogP contribution in [0.5, 0.6) is 0 Å². The van der Waals surface area contributed by atoms with Gasteiger partial charge in [-0.05, 0) is 36.4 Å². The molecule has 2 aromatic carbocycles. The highest BCUT2D eigenvalue weighted by atomic mass is 35.5. The van der Waals surface area contributed by atoms with E-state index >= 15 is 0 Å². The Kier molecular flexibility index (Phi) is 3.52. The summed E-state index contributed by atoms with van der Waals surface area (Å²) < 4.78 is 43.9. The van der Waals surface area contributed by atoms with E-state index in [0.717, 1.165) is 12.1 Å². The van der Waals surface area contributed by atoms with E-state index in [0.29, 0.717) is 10.6 Å². The molecule has 23 heavy (non-hydrogen) atoms. The molecule has 0 saturated heterocycles. The Morgan fingerprint density at radius 1 is 1.04 bits per heavy atom. The van der Waals surface area contributed by atoms with Crippen LogP contribution in [0.2, 0.25) is 5.02 Å². The number of hydrogen-bond donors (Lipinski definition) is 0. The lowest BCUT2D eigenvalue weighted by Crippen LogP contribution is -2.31. The van der Waals surface area contributed by atoms with Crippen molar-refractivity contribution < 1.29 is 17.6 Å². The van der Waals surface area contributed by atoms with Crippen molar-refractivity contribution in [3.8, 4) is 5.69 Å². The molecular formula is C15H7ClF3NO3. The minimum Gasteiger partial charge on any atom is -0.409 e. The maximum absolute atomic E-state index is 12.8. The highest BCUT2D eigenvalue weighted by Gasteiger charge is 2.30. The summed E-state index contributed by atoms with van der Waals surface area (Å²) in [6.07, 6.45) is -4.60. The third kappa shape index (κ3) is 2.75. The molecule has 0 aliphatic heterocycles. The number of fused-ring (bicyclic) bond motifs is 1. The van der Waals surface area contributed by atoms with E-state index in [9.17, 15) is 22.8 Å². The molecule has 3 aromatic rings. The predicted molar refractivity (Wildman–Crippen MR) is 78.1 cm³/mol. The maximum Gasteiger partial charge on any atom is 0.426 e. The molecule has 0 saturated carbocycles. The van der Waals surface area contributed by atoms with Crippen LogP contribution < -0.4 is 11.3 Å². The number of nitrogens with zero attached hydrogens (tertiary/aromatic N) is 1. The molecule has 0 fully saturated rings. The van der Waals surface area contributed by atoms with Gasteiger partial charge < -0.3 is 4.42 Å². The molecule has 0 unspecified atom stereocenters. The fourth-order valence-corrected chi connectivity index (χ4v) is 2.32. The van der Waals surface area contributed by atoms with E-state index in [1.165, 1.54) is 24.3 Å². The molecule has 3 rings (SSSR count). The Bertz CT molecular complexity index is 1020. The Balaban J connectivity index is 2.33. The van der Waals surface area contributed by atoms with Crippen LogP contribution in [0.15, 0.2) is 56.5 Å². The maximum atomic E-state index is 12.8. The lowest BCUT2D eigenvalue weighted by atomic mass is 10.2. The summed E-state index contributed by atoms with van der Waals surface area (Å²) in [6, 6.07) is 7.92. The van der Waals surface area contributed by atoms with Crippen LogP contribution >= 0.6 is 11.6 Å². The molecular weight excluding hydrogens is 335 g/mol. The van der Waals surface area contributed by atoms with Gasteiger partial charge in [-0.3, -0.25) is 4.79 Å². The average Bonchev–Trinajstić information content (AvgIpc) is 2.48. The molecule has 0 N–H and O–H groups in total. The third-order valence-electron chi connectivity index (χ3n) is 3.19. The Morgan fingerprint density at radius 2 is 1.78 bits per heavy atom. The van der Waals surface area contributed by atoms with Crippen molar-refractivity contribution in [2.24, 2.45) is 0 Å². The molecule has 0 spiro atoms. The van der Waals surface area contributed by atoms with Crippen molar-refractivity contribution in [2.75, 3.05) is 0 Å². The fraction of sp³-hybridized carbons (Fsp3) is 0.0667. The molecule has 4 nitrogen and oxygen atoms in total. The minimum atomic E-state index is -4.60. The van der Waals surface area contributed by atoms with Gasteiger partial charge in [0.25, 0.3) is 5.56 Å². The van der Waals surface area contributed by atoms with Gasteiger partial charge in [0.1, 0.15) is 5.58 Å². The second-order valence-corrected chi connectivity index (χ2v) is 5.13. The first-order valence-electron chi connectivity index (χ1n) is 6.30. The highest BCUT2D eigenvalue weighted by molar-refractivity contribution is 6.31. The van der Waals surface area contributed by atoms with E-state index in [-0.39, 0.29) is 21.7 Å². The molecule has 1 aromatic heterocycles. The molecule has 118 valence electrons. The second-order valence-electron chi connectivity index (χ2n) is 4.70. The lowest BCUT2D eigenvalue weighted by Gasteiger charge is -2.10. The van der Waals surface area contributed by atoms with Crippen molar-refractivity contribution in [3.63, 3.8) is 0 Å². The number of halogens is 4. The summed E-state index contributed by atoms with van der Waals surface area (Å²) in [5, 5.41) is 0.230. The van der Waals surface area contributed by atoms with Crippen LogP contribution in [0.1, 0.15) is 5.56 Å². The lowest BCUT2D eigenvalue weighted by molar-refractivity contribution is -0.137. The van der Waals surface area contributed by atoms with E-state index in [4.69, 9.17) is 16.0 Å². The Morgan fingerprint density at radius 3 is 2.48 bits per heavy atom. The number of benzene rings is 2. The van der Waals surface area contributed by atoms with Crippen LogP contribution in [0.4, 0.5) is 13.2 Å². The van der Waals surface area contributed by atoms with Crippen molar-refractivity contribution in [2.45, 2.75) is 6.18 Å². The van der Waals surface area contributed by atoms with Gasteiger partial charge in [0, 0.05) is 5.02 Å². The van der Waals surface area contributed by atoms with Gasteiger partial charge in [0.2, 0.25) is 0 Å². The normalized spacial score (nSPS) is 11.8. The quantitative estimate of drug-likeness (QED) is 0.679. The summed E-state index contributed by atoms with van der Waals surface area (Å²) in [5.74, 6) is -1.08. The zero-order chi connectivity index (χ0) is 16.8. The van der Waals surface area contributed by atoms with Crippen molar-refractivity contribution >= 4 is 22.6 Å². The third-order valence-corrected chi connectivity index (χ3v) is 3.42. The summed E-state index contributed by atoms with van der Waals surface area (Å²) in [4.78, 5) is 24.4. The van der Waals surface area contributed by atoms with Crippen molar-refractivity contribution in [3.05, 3.63) is 74.0 Å². The standard InChI is InChI=1S/C15H7ClF3NO3/c16-9-4-5-12-11(7-9)13(21)20(14(22)23-12)10-3-1-2-8(6-10)15(17,18)19/h1-7H. The average molecular weight is 342 g/mol. The molecule has 8 heteroatoms. The van der Waals surface area contributed by atoms with Gasteiger partial charge in [-0.25, -0.2) is 9.36 Å². The first kappa shape index (κ1) is 15.4. The molecule has 0 radical (unpaired) electrons. The molecule has 0 aliphatic carbocycles. The van der Waals surface area contributed by atoms with E-state index in [1.807, 2.05) is 0 Å². The highest BCUT2D eigenvalue weighted by Crippen LogP contribution is 2.30. The molecule has 0 amide bonds. The van der Waals surface area contributed by atoms with Gasteiger partial charge in [-0.1, -0.05) is 17.7 Å². The molecule has 1 heterocycles. The number of aromatic nitrogens is 1. The van der Waals surface area contributed by atoms with E-state index < -0.39 is 23.1 Å². The monoisotopic (exact) mass is 341 g/mol. The number of alkyl halides is 3. The zero-order valence-electron chi connectivity index (χ0n) is 11.2. The van der Waals surface area contributed by atoms with Crippen LogP contribution in [0.25, 0.3) is 16.7 Å². The van der Waals surface area contributed by atoms with Gasteiger partial charge in [-0.2, -0.15) is 13.2 Å². The summed E-state index contributed by atoms with van der Waals surface area (Å²) in [7, 11) is 0. The molecule has 0 atom stereocenters.